The molecule has 0 radical (unpaired) electrons. The van der Waals surface area contributed by atoms with Crippen molar-refractivity contribution in [2.24, 2.45) is 5.92 Å². The molecular formula is C9H17FN2O. The summed E-state index contributed by atoms with van der Waals surface area (Å²) in [6.07, 6.45) is 0. The highest BCUT2D eigenvalue weighted by Gasteiger charge is 2.50. The van der Waals surface area contributed by atoms with Crippen molar-refractivity contribution in [3.63, 3.8) is 0 Å². The number of hydrogen-bond acceptors (Lipinski definition) is 2. The van der Waals surface area contributed by atoms with Gasteiger partial charge in [-0.2, -0.15) is 0 Å². The molecule has 1 saturated heterocycles. The van der Waals surface area contributed by atoms with Crippen molar-refractivity contribution >= 4 is 5.91 Å². The minimum atomic E-state index is -1.68. The van der Waals surface area contributed by atoms with E-state index in [1.165, 1.54) is 4.90 Å². The molecular weight excluding hydrogens is 171 g/mol. The van der Waals surface area contributed by atoms with Crippen molar-refractivity contribution in [1.82, 2.24) is 9.80 Å². The topological polar surface area (TPSA) is 23.6 Å². The number of amides is 1. The van der Waals surface area contributed by atoms with Gasteiger partial charge in [0.05, 0.1) is 0 Å². The molecule has 4 heteroatoms. The van der Waals surface area contributed by atoms with Crippen molar-refractivity contribution in [2.75, 3.05) is 34.2 Å². The molecule has 13 heavy (non-hydrogen) atoms. The summed E-state index contributed by atoms with van der Waals surface area (Å²) in [7, 11) is 5.02. The highest BCUT2D eigenvalue weighted by Crippen LogP contribution is 2.31. The number of alkyl halides is 1. The highest BCUT2D eigenvalue weighted by molar-refractivity contribution is 5.85. The highest BCUT2D eigenvalue weighted by atomic mass is 19.1. The molecule has 1 amide bonds. The van der Waals surface area contributed by atoms with Gasteiger partial charge in [0.1, 0.15) is 0 Å². The molecule has 0 aromatic rings. The van der Waals surface area contributed by atoms with E-state index in [9.17, 15) is 9.18 Å². The third-order valence-electron chi connectivity index (χ3n) is 2.63. The maximum absolute atomic E-state index is 14.2. The van der Waals surface area contributed by atoms with E-state index in [0.29, 0.717) is 6.54 Å². The summed E-state index contributed by atoms with van der Waals surface area (Å²) in [5.41, 5.74) is -1.68. The van der Waals surface area contributed by atoms with Crippen LogP contribution in [0.1, 0.15) is 6.92 Å². The average molecular weight is 188 g/mol. The molecule has 1 heterocycles. The molecule has 0 aromatic heterocycles. The second-order valence-electron chi connectivity index (χ2n) is 4.16. The summed E-state index contributed by atoms with van der Waals surface area (Å²) < 4.78 is 14.2. The smallest absolute Gasteiger partial charge is 0.261 e. The summed E-state index contributed by atoms with van der Waals surface area (Å²) >= 11 is 0. The van der Waals surface area contributed by atoms with E-state index >= 15 is 0 Å². The Labute approximate surface area is 78.5 Å². The summed E-state index contributed by atoms with van der Waals surface area (Å²) in [5.74, 6) is -0.628. The van der Waals surface area contributed by atoms with Gasteiger partial charge in [0.15, 0.2) is 0 Å². The number of carbonyl (C=O) groups is 1. The third kappa shape index (κ3) is 1.68. The number of halogens is 1. The van der Waals surface area contributed by atoms with Gasteiger partial charge in [0.25, 0.3) is 5.91 Å². The van der Waals surface area contributed by atoms with Gasteiger partial charge in [-0.3, -0.25) is 4.79 Å². The van der Waals surface area contributed by atoms with Gasteiger partial charge in [-0.05, 0) is 7.05 Å². The van der Waals surface area contributed by atoms with Gasteiger partial charge in [-0.25, -0.2) is 4.39 Å². The predicted octanol–water partition coefficient (Wildman–Crippen LogP) is 0.364. The average Bonchev–Trinajstić information content (AvgIpc) is 2.25. The van der Waals surface area contributed by atoms with E-state index < -0.39 is 11.6 Å². The van der Waals surface area contributed by atoms with E-state index in [1.807, 2.05) is 11.9 Å². The zero-order chi connectivity index (χ0) is 10.2. The number of rotatable bonds is 1. The lowest BCUT2D eigenvalue weighted by Gasteiger charge is -2.25. The molecule has 0 spiro atoms. The largest absolute Gasteiger partial charge is 0.346 e. The molecule has 2 atom stereocenters. The Kier molecular flexibility index (Phi) is 2.61. The first kappa shape index (κ1) is 10.4. The summed E-state index contributed by atoms with van der Waals surface area (Å²) in [6.45, 7) is 2.65. The maximum Gasteiger partial charge on any atom is 0.261 e. The minimum Gasteiger partial charge on any atom is -0.346 e. The van der Waals surface area contributed by atoms with Crippen molar-refractivity contribution in [2.45, 2.75) is 12.6 Å². The molecule has 1 aliphatic rings. The van der Waals surface area contributed by atoms with E-state index in [2.05, 4.69) is 0 Å². The Morgan fingerprint density at radius 2 is 2.15 bits per heavy atom. The van der Waals surface area contributed by atoms with Crippen LogP contribution in [0.15, 0.2) is 0 Å². The Bertz CT molecular complexity index is 220. The van der Waals surface area contributed by atoms with Crippen LogP contribution < -0.4 is 0 Å². The third-order valence-corrected chi connectivity index (χ3v) is 2.63. The van der Waals surface area contributed by atoms with Gasteiger partial charge >= 0.3 is 0 Å². The lowest BCUT2D eigenvalue weighted by molar-refractivity contribution is -0.142. The van der Waals surface area contributed by atoms with Crippen LogP contribution >= 0.6 is 0 Å². The van der Waals surface area contributed by atoms with Crippen molar-refractivity contribution in [3.05, 3.63) is 0 Å². The van der Waals surface area contributed by atoms with Crippen LogP contribution in [0, 0.1) is 5.92 Å². The summed E-state index contributed by atoms with van der Waals surface area (Å²) in [6, 6.07) is 0. The predicted molar refractivity (Wildman–Crippen MR) is 49.2 cm³/mol. The lowest BCUT2D eigenvalue weighted by atomic mass is 9.93. The first-order chi connectivity index (χ1) is 5.88. The number of nitrogens with zero attached hydrogens (tertiary/aromatic N) is 2. The molecule has 0 saturated carbocycles. The van der Waals surface area contributed by atoms with Crippen molar-refractivity contribution < 1.29 is 9.18 Å². The van der Waals surface area contributed by atoms with Crippen LogP contribution in [0.5, 0.6) is 0 Å². The molecule has 1 aliphatic heterocycles. The van der Waals surface area contributed by atoms with Crippen LogP contribution in [-0.4, -0.2) is 55.6 Å². The Balaban J connectivity index is 2.82. The first-order valence-corrected chi connectivity index (χ1v) is 4.47. The molecule has 0 bridgehead atoms. The molecule has 0 aromatic carbocycles. The fourth-order valence-corrected chi connectivity index (χ4v) is 1.88. The fraction of sp³-hybridized carbons (Fsp3) is 0.889. The molecule has 1 rings (SSSR count). The van der Waals surface area contributed by atoms with Gasteiger partial charge in [-0.1, -0.05) is 6.92 Å². The van der Waals surface area contributed by atoms with Gasteiger partial charge in [0.2, 0.25) is 5.67 Å². The normalized spacial score (nSPS) is 35.0. The standard InChI is InChI=1S/C9H17FN2O/c1-7-5-12(4)6-9(7,10)8(13)11(2)3/h7H,5-6H2,1-4H3. The minimum absolute atomic E-state index is 0.213. The van der Waals surface area contributed by atoms with E-state index in [4.69, 9.17) is 0 Å². The van der Waals surface area contributed by atoms with Crippen LogP contribution in [-0.2, 0) is 4.79 Å². The van der Waals surface area contributed by atoms with Crippen LogP contribution in [0.4, 0.5) is 4.39 Å². The number of carbonyl (C=O) groups excluding carboxylic acids is 1. The molecule has 0 aliphatic carbocycles. The lowest BCUT2D eigenvalue weighted by Crippen LogP contribution is -2.47. The zero-order valence-corrected chi connectivity index (χ0v) is 8.67. The second kappa shape index (κ2) is 3.25. The monoisotopic (exact) mass is 188 g/mol. The zero-order valence-electron chi connectivity index (χ0n) is 8.67. The van der Waals surface area contributed by atoms with Crippen LogP contribution in [0.25, 0.3) is 0 Å². The van der Waals surface area contributed by atoms with Gasteiger partial charge in [0, 0.05) is 33.1 Å². The SMILES string of the molecule is CC1CN(C)CC1(F)C(=O)N(C)C. The number of hydrogen-bond donors (Lipinski definition) is 0. The number of likely N-dealkylation sites (tertiary alicyclic amines) is 1. The molecule has 1 fully saturated rings. The molecule has 76 valence electrons. The van der Waals surface area contributed by atoms with Crippen LogP contribution in [0.3, 0.4) is 0 Å². The van der Waals surface area contributed by atoms with E-state index in [0.717, 1.165) is 0 Å². The molecule has 3 nitrogen and oxygen atoms in total. The van der Waals surface area contributed by atoms with E-state index in [-0.39, 0.29) is 12.5 Å². The van der Waals surface area contributed by atoms with Crippen LogP contribution in [0.2, 0.25) is 0 Å². The first-order valence-electron chi connectivity index (χ1n) is 4.47. The fourth-order valence-electron chi connectivity index (χ4n) is 1.88. The second-order valence-corrected chi connectivity index (χ2v) is 4.16. The van der Waals surface area contributed by atoms with Crippen molar-refractivity contribution in [1.29, 1.82) is 0 Å². The maximum atomic E-state index is 14.2. The Morgan fingerprint density at radius 1 is 1.62 bits per heavy atom. The summed E-state index contributed by atoms with van der Waals surface area (Å²) in [4.78, 5) is 14.7. The Hall–Kier alpha value is -0.640. The van der Waals surface area contributed by atoms with Crippen molar-refractivity contribution in [3.8, 4) is 0 Å². The quantitative estimate of drug-likeness (QED) is 0.593. The van der Waals surface area contributed by atoms with Gasteiger partial charge < -0.3 is 9.80 Å². The van der Waals surface area contributed by atoms with Gasteiger partial charge in [-0.15, -0.1) is 0 Å². The van der Waals surface area contributed by atoms with E-state index in [1.54, 1.807) is 21.0 Å². The molecule has 0 N–H and O–H groups in total. The molecule has 2 unspecified atom stereocenters. The Morgan fingerprint density at radius 3 is 2.46 bits per heavy atom. The summed E-state index contributed by atoms with van der Waals surface area (Å²) in [5, 5.41) is 0.